The van der Waals surface area contributed by atoms with Crippen molar-refractivity contribution in [2.24, 2.45) is 0 Å². The van der Waals surface area contributed by atoms with Gasteiger partial charge in [0.25, 0.3) is 0 Å². The van der Waals surface area contributed by atoms with Gasteiger partial charge < -0.3 is 14.7 Å². The summed E-state index contributed by atoms with van der Waals surface area (Å²) in [6.45, 7) is 5.61. The van der Waals surface area contributed by atoms with Crippen LogP contribution in [0.15, 0.2) is 28.8 Å². The minimum atomic E-state index is 0.685. The molecular formula is C14H16N4O. The average Bonchev–Trinajstić information content (AvgIpc) is 3.00. The summed E-state index contributed by atoms with van der Waals surface area (Å²) in [4.78, 5) is 12.0. The molecular weight excluding hydrogens is 240 g/mol. The third-order valence-corrected chi connectivity index (χ3v) is 2.98. The van der Waals surface area contributed by atoms with E-state index in [1.54, 1.807) is 0 Å². The molecule has 2 heterocycles. The summed E-state index contributed by atoms with van der Waals surface area (Å²) >= 11 is 0. The lowest BCUT2D eigenvalue weighted by atomic mass is 10.1. The third-order valence-electron chi connectivity index (χ3n) is 2.98. The molecule has 5 heteroatoms. The van der Waals surface area contributed by atoms with Gasteiger partial charge in [-0.2, -0.15) is 0 Å². The van der Waals surface area contributed by atoms with Gasteiger partial charge >= 0.3 is 0 Å². The first-order chi connectivity index (χ1) is 9.26. The lowest BCUT2D eigenvalue weighted by Crippen LogP contribution is -2.12. The smallest absolute Gasteiger partial charge is 0.192 e. The molecule has 0 aliphatic rings. The first-order valence-corrected chi connectivity index (χ1v) is 6.38. The summed E-state index contributed by atoms with van der Waals surface area (Å²) in [7, 11) is 0. The molecule has 2 aromatic heterocycles. The normalized spacial score (nSPS) is 11.3. The summed E-state index contributed by atoms with van der Waals surface area (Å²) < 4.78 is 5.47. The number of aromatic amines is 1. The van der Waals surface area contributed by atoms with Gasteiger partial charge in [0, 0.05) is 12.5 Å². The van der Waals surface area contributed by atoms with E-state index in [4.69, 9.17) is 4.42 Å². The molecule has 0 saturated carbocycles. The number of hydrogen-bond donors (Lipinski definition) is 2. The zero-order valence-corrected chi connectivity index (χ0v) is 11.0. The van der Waals surface area contributed by atoms with Crippen molar-refractivity contribution < 1.29 is 4.42 Å². The van der Waals surface area contributed by atoms with Crippen LogP contribution in [0.3, 0.4) is 0 Å². The highest BCUT2D eigenvalue weighted by molar-refractivity contribution is 5.79. The van der Waals surface area contributed by atoms with Gasteiger partial charge in [-0.25, -0.2) is 9.97 Å². The molecule has 5 nitrogen and oxygen atoms in total. The first kappa shape index (κ1) is 11.9. The molecule has 19 heavy (non-hydrogen) atoms. The van der Waals surface area contributed by atoms with Crippen LogP contribution in [0.25, 0.3) is 22.4 Å². The molecule has 0 atom stereocenters. The molecule has 0 bridgehead atoms. The van der Waals surface area contributed by atoms with Crippen LogP contribution in [0, 0.1) is 6.92 Å². The predicted octanol–water partition coefficient (Wildman–Crippen LogP) is 2.64. The van der Waals surface area contributed by atoms with E-state index in [1.165, 1.54) is 0 Å². The molecule has 0 saturated heterocycles. The van der Waals surface area contributed by atoms with E-state index in [1.807, 2.05) is 31.3 Å². The Morgan fingerprint density at radius 1 is 1.37 bits per heavy atom. The van der Waals surface area contributed by atoms with Crippen LogP contribution in [0.5, 0.6) is 0 Å². The molecule has 1 aromatic carbocycles. The zero-order valence-electron chi connectivity index (χ0n) is 11.0. The minimum absolute atomic E-state index is 0.685. The number of hydrogen-bond acceptors (Lipinski definition) is 4. The van der Waals surface area contributed by atoms with E-state index >= 15 is 0 Å². The van der Waals surface area contributed by atoms with Gasteiger partial charge in [0.2, 0.25) is 0 Å². The summed E-state index contributed by atoms with van der Waals surface area (Å²) in [6, 6.07) is 5.96. The Morgan fingerprint density at radius 2 is 2.26 bits per heavy atom. The van der Waals surface area contributed by atoms with E-state index in [9.17, 15) is 0 Å². The van der Waals surface area contributed by atoms with Crippen molar-refractivity contribution in [2.45, 2.75) is 20.4 Å². The molecule has 2 N–H and O–H groups in total. The summed E-state index contributed by atoms with van der Waals surface area (Å²) in [6.07, 6.45) is 1.85. The van der Waals surface area contributed by atoms with Gasteiger partial charge in [-0.05, 0) is 24.7 Å². The van der Waals surface area contributed by atoms with E-state index in [0.717, 1.165) is 41.3 Å². The molecule has 98 valence electrons. The molecule has 0 radical (unpaired) electrons. The Kier molecular flexibility index (Phi) is 3.05. The van der Waals surface area contributed by atoms with Crippen LogP contribution < -0.4 is 5.32 Å². The van der Waals surface area contributed by atoms with Gasteiger partial charge in [0.1, 0.15) is 11.3 Å². The summed E-state index contributed by atoms with van der Waals surface area (Å²) in [5, 5.41) is 3.24. The van der Waals surface area contributed by atoms with Crippen molar-refractivity contribution in [3.8, 4) is 11.3 Å². The molecule has 0 fully saturated rings. The largest absolute Gasteiger partial charge is 0.441 e. The van der Waals surface area contributed by atoms with Gasteiger partial charge in [-0.15, -0.1) is 0 Å². The minimum Gasteiger partial charge on any atom is -0.441 e. The van der Waals surface area contributed by atoms with Crippen molar-refractivity contribution in [3.05, 3.63) is 36.1 Å². The Labute approximate surface area is 111 Å². The second-order valence-electron chi connectivity index (χ2n) is 4.44. The van der Waals surface area contributed by atoms with Crippen molar-refractivity contribution >= 4 is 11.1 Å². The van der Waals surface area contributed by atoms with Crippen LogP contribution >= 0.6 is 0 Å². The van der Waals surface area contributed by atoms with Gasteiger partial charge in [-0.1, -0.05) is 6.92 Å². The van der Waals surface area contributed by atoms with Crippen LogP contribution in [0.4, 0.5) is 0 Å². The highest BCUT2D eigenvalue weighted by atomic mass is 16.3. The first-order valence-electron chi connectivity index (χ1n) is 6.38. The second-order valence-corrected chi connectivity index (χ2v) is 4.44. The van der Waals surface area contributed by atoms with E-state index in [2.05, 4.69) is 27.2 Å². The topological polar surface area (TPSA) is 66.7 Å². The lowest BCUT2D eigenvalue weighted by Gasteiger charge is -1.98. The standard InChI is InChI=1S/C14H16N4O/c1-3-15-8-14-16-7-12(18-14)10-4-5-13-11(6-10)17-9(2)19-13/h4-7,15H,3,8H2,1-2H3,(H,16,18). The maximum Gasteiger partial charge on any atom is 0.192 e. The average molecular weight is 256 g/mol. The molecule has 0 aliphatic heterocycles. The van der Waals surface area contributed by atoms with Crippen molar-refractivity contribution in [1.82, 2.24) is 20.3 Å². The molecule has 3 aromatic rings. The Bertz CT molecular complexity index is 698. The monoisotopic (exact) mass is 256 g/mol. The number of nitrogens with zero attached hydrogens (tertiary/aromatic N) is 2. The van der Waals surface area contributed by atoms with E-state index in [-0.39, 0.29) is 0 Å². The fourth-order valence-electron chi connectivity index (χ4n) is 2.05. The predicted molar refractivity (Wildman–Crippen MR) is 73.7 cm³/mol. The number of benzene rings is 1. The van der Waals surface area contributed by atoms with Gasteiger partial charge in [0.15, 0.2) is 11.5 Å². The third kappa shape index (κ3) is 2.37. The van der Waals surface area contributed by atoms with Crippen molar-refractivity contribution in [3.63, 3.8) is 0 Å². The van der Waals surface area contributed by atoms with Crippen LogP contribution in [0.1, 0.15) is 18.6 Å². The van der Waals surface area contributed by atoms with Gasteiger partial charge in [0.05, 0.1) is 18.4 Å². The molecule has 0 aliphatic carbocycles. The van der Waals surface area contributed by atoms with E-state index in [0.29, 0.717) is 5.89 Å². The number of rotatable bonds is 4. The number of aromatic nitrogens is 3. The quantitative estimate of drug-likeness (QED) is 0.753. The number of aryl methyl sites for hydroxylation is 1. The molecule has 3 rings (SSSR count). The zero-order chi connectivity index (χ0) is 13.2. The fraction of sp³-hybridized carbons (Fsp3) is 0.286. The van der Waals surface area contributed by atoms with Crippen LogP contribution in [0.2, 0.25) is 0 Å². The SMILES string of the molecule is CCNCc1ncc(-c2ccc3oc(C)nc3c2)[nH]1. The van der Waals surface area contributed by atoms with Crippen LogP contribution in [-0.4, -0.2) is 21.5 Å². The number of imidazole rings is 1. The number of oxazole rings is 1. The Morgan fingerprint density at radius 3 is 3.11 bits per heavy atom. The number of nitrogens with one attached hydrogen (secondary N) is 2. The maximum atomic E-state index is 5.47. The maximum absolute atomic E-state index is 5.47. The van der Waals surface area contributed by atoms with Gasteiger partial charge in [-0.3, -0.25) is 0 Å². The fourth-order valence-corrected chi connectivity index (χ4v) is 2.05. The Balaban J connectivity index is 1.92. The Hall–Kier alpha value is -2.14. The summed E-state index contributed by atoms with van der Waals surface area (Å²) in [5.41, 5.74) is 3.75. The molecule has 0 amide bonds. The van der Waals surface area contributed by atoms with Crippen molar-refractivity contribution in [1.29, 1.82) is 0 Å². The van der Waals surface area contributed by atoms with Crippen molar-refractivity contribution in [2.75, 3.05) is 6.54 Å². The second kappa shape index (κ2) is 4.85. The van der Waals surface area contributed by atoms with E-state index < -0.39 is 0 Å². The molecule has 0 unspecified atom stereocenters. The summed E-state index contributed by atoms with van der Waals surface area (Å²) in [5.74, 6) is 1.62. The molecule has 0 spiro atoms. The number of H-pyrrole nitrogens is 1. The van der Waals surface area contributed by atoms with Crippen LogP contribution in [-0.2, 0) is 6.54 Å². The number of fused-ring (bicyclic) bond motifs is 1. The lowest BCUT2D eigenvalue weighted by molar-refractivity contribution is 0.561. The highest BCUT2D eigenvalue weighted by Gasteiger charge is 2.07. The highest BCUT2D eigenvalue weighted by Crippen LogP contribution is 2.23.